The average Bonchev–Trinajstić information content (AvgIpc) is 1.70. The van der Waals surface area contributed by atoms with Gasteiger partial charge in [0.1, 0.15) is 6.23 Å². The molecule has 93 heavy (non-hydrogen) atoms. The Morgan fingerprint density at radius 3 is 1.24 bits per heavy atom. The molecule has 10 saturated heterocycles. The first kappa shape index (κ1) is 78.7. The number of piperazine rings is 5. The van der Waals surface area contributed by atoms with E-state index in [4.69, 9.17) is 4.74 Å². The summed E-state index contributed by atoms with van der Waals surface area (Å²) in [6.45, 7) is 72.5. The highest BCUT2D eigenvalue weighted by atomic mass is 32.2. The number of hydrogen-bond donors (Lipinski definition) is 0. The Kier molecular flexibility index (Phi) is 25.4. The van der Waals surface area contributed by atoms with Crippen molar-refractivity contribution >= 4 is 37.8 Å². The number of allylic oxidation sites excluding steroid dienone is 6. The molecule has 0 saturated carbocycles. The third-order valence-electron chi connectivity index (χ3n) is 22.0. The Morgan fingerprint density at radius 2 is 0.774 bits per heavy atom. The van der Waals surface area contributed by atoms with Gasteiger partial charge in [-0.25, -0.2) is 16.8 Å². The van der Waals surface area contributed by atoms with Crippen molar-refractivity contribution in [3.8, 4) is 0 Å². The number of fused-ring (bicyclic) bond motifs is 5. The topological polar surface area (TPSA) is 161 Å². The highest BCUT2D eigenvalue weighted by Crippen LogP contribution is 2.50. The van der Waals surface area contributed by atoms with Gasteiger partial charge in [-0.05, 0) is 157 Å². The second-order valence-corrected chi connectivity index (χ2v) is 36.9. The first-order valence-corrected chi connectivity index (χ1v) is 38.2. The molecule has 0 aromatic rings. The van der Waals surface area contributed by atoms with Gasteiger partial charge in [0.2, 0.25) is 20.0 Å². The van der Waals surface area contributed by atoms with E-state index in [1.165, 1.54) is 11.1 Å². The first-order valence-electron chi connectivity index (χ1n) is 35.3. The van der Waals surface area contributed by atoms with E-state index >= 15 is 0 Å². The highest BCUT2D eigenvalue weighted by Gasteiger charge is 2.57. The molecule has 10 rings (SSSR count). The molecular formula is C73H130N10O8S2. The zero-order valence-corrected chi connectivity index (χ0v) is 65.2. The smallest absolute Gasteiger partial charge is 0.254 e. The minimum Gasteiger partial charge on any atom is -0.352 e. The Hall–Kier alpha value is -3.31. The minimum absolute atomic E-state index is 0.0110. The van der Waals surface area contributed by atoms with E-state index in [0.717, 1.165) is 131 Å². The third kappa shape index (κ3) is 16.5. The summed E-state index contributed by atoms with van der Waals surface area (Å²) in [4.78, 5) is 57.0. The molecule has 10 aliphatic rings. The van der Waals surface area contributed by atoms with Gasteiger partial charge in [-0.3, -0.25) is 38.9 Å². The normalized spacial score (nSPS) is 28.7. The first-order chi connectivity index (χ1) is 42.7. The fourth-order valence-electron chi connectivity index (χ4n) is 17.3. The summed E-state index contributed by atoms with van der Waals surface area (Å²) in [5, 5.41) is 0. The van der Waals surface area contributed by atoms with Crippen LogP contribution in [0.15, 0.2) is 54.4 Å². The number of rotatable bonds is 5. The van der Waals surface area contributed by atoms with Crippen LogP contribution >= 0.6 is 0 Å². The number of ether oxygens (including phenoxy) is 1. The van der Waals surface area contributed by atoms with E-state index in [0.29, 0.717) is 71.8 Å². The van der Waals surface area contributed by atoms with Crippen LogP contribution in [0.3, 0.4) is 0 Å². The molecule has 0 N–H and O–H groups in total. The maximum absolute atomic E-state index is 12.9. The van der Waals surface area contributed by atoms with Gasteiger partial charge in [-0.1, -0.05) is 83.3 Å². The maximum Gasteiger partial charge on any atom is 0.254 e. The molecular weight excluding hydrogens is 1210 g/mol. The van der Waals surface area contributed by atoms with Gasteiger partial charge in [0.15, 0.2) is 0 Å². The van der Waals surface area contributed by atoms with E-state index in [9.17, 15) is 31.2 Å². The van der Waals surface area contributed by atoms with Gasteiger partial charge in [-0.15, -0.1) is 0 Å². The van der Waals surface area contributed by atoms with Crippen molar-refractivity contribution in [2.45, 2.75) is 267 Å². The van der Waals surface area contributed by atoms with E-state index in [2.05, 4.69) is 187 Å². The molecule has 0 aromatic carbocycles. The number of carbonyl (C=O) groups excluding carboxylic acids is 3. The molecule has 5 atom stereocenters. The molecule has 10 heterocycles. The van der Waals surface area contributed by atoms with Gasteiger partial charge < -0.3 is 19.4 Å². The second kappa shape index (κ2) is 30.0. The maximum atomic E-state index is 12.9. The summed E-state index contributed by atoms with van der Waals surface area (Å²) >= 11 is 0. The van der Waals surface area contributed by atoms with Crippen LogP contribution in [0, 0.1) is 21.7 Å². The largest absolute Gasteiger partial charge is 0.352 e. The van der Waals surface area contributed by atoms with E-state index in [1.807, 2.05) is 46.4 Å². The van der Waals surface area contributed by atoms with Crippen molar-refractivity contribution in [1.29, 1.82) is 0 Å². The number of sulfonamides is 2. The van der Waals surface area contributed by atoms with Crippen LogP contribution in [0.25, 0.3) is 0 Å². The quantitative estimate of drug-likeness (QED) is 0.239. The highest BCUT2D eigenvalue weighted by molar-refractivity contribution is 7.93. The lowest BCUT2D eigenvalue weighted by Crippen LogP contribution is -2.61. The van der Waals surface area contributed by atoms with Crippen LogP contribution in [-0.4, -0.2) is 248 Å². The molecule has 10 aliphatic heterocycles. The number of piperidine rings is 1. The van der Waals surface area contributed by atoms with Gasteiger partial charge in [0, 0.05) is 179 Å². The number of hydrogen-bond acceptors (Lipinski definition) is 13. The molecule has 18 nitrogen and oxygen atoms in total. The lowest BCUT2D eigenvalue weighted by molar-refractivity contribution is -0.162. The molecule has 0 radical (unpaired) electrons. The van der Waals surface area contributed by atoms with Crippen LogP contribution in [0.2, 0.25) is 0 Å². The van der Waals surface area contributed by atoms with E-state index in [1.54, 1.807) is 8.61 Å². The summed E-state index contributed by atoms with van der Waals surface area (Å²) in [7, 11) is -6.55. The van der Waals surface area contributed by atoms with Gasteiger partial charge in [0.05, 0.1) is 22.5 Å². The fourth-order valence-corrected chi connectivity index (χ4v) is 22.2. The van der Waals surface area contributed by atoms with Crippen molar-refractivity contribution in [3.05, 3.63) is 54.4 Å². The SMILES string of the molecule is CC(C)=C1C(=O)N2CCN(C(C)C)CC2C1(C)C.CC(C)=C1C(=O)N2CCN(C(C)C)CC2CC1(C)C.CC(C)=C1C(C)(C)C2CN(C(C)C)CCN2S1(=O)=O.CC(C)=C1C(C)(C)CC2CN(C(C)C)CCN2S1(=O)=O.CC(C)=C1COC2CN(C(C)C)CCN2C1=O. The lowest BCUT2D eigenvalue weighted by Gasteiger charge is -2.50. The van der Waals surface area contributed by atoms with E-state index < -0.39 is 20.0 Å². The molecule has 3 amide bonds. The number of carbonyl (C=O) groups is 3. The minimum atomic E-state index is -3.29. The van der Waals surface area contributed by atoms with Crippen molar-refractivity contribution < 1.29 is 36.0 Å². The van der Waals surface area contributed by atoms with E-state index in [-0.39, 0.29) is 57.7 Å². The predicted molar refractivity (Wildman–Crippen MR) is 381 cm³/mol. The van der Waals surface area contributed by atoms with Gasteiger partial charge in [0.25, 0.3) is 17.7 Å². The van der Waals surface area contributed by atoms with Crippen LogP contribution in [0.1, 0.15) is 207 Å². The molecule has 5 unspecified atom stereocenters. The summed E-state index contributed by atoms with van der Waals surface area (Å²) in [6.07, 6.45) is 1.94. The molecule has 0 aliphatic carbocycles. The number of amides is 3. The van der Waals surface area contributed by atoms with Crippen molar-refractivity contribution in [1.82, 2.24) is 47.8 Å². The standard InChI is InChI=1S/C16H28N2O.C15H28N2O2S.C15H26N2O.C14H26N2O2S.C13H22N2O2/c1-11(2)14-15(19)18-8-7-17(12(3)4)10-13(18)9-16(14,5)6;1-11(2)14-15(5,6)9-13-10-16(12(3)4)7-8-17(13)20(14,18)19;1-10(2)13-14(18)17-8-7-16(11(3)4)9-12(17)15(13,5)6;1-10(2)13-14(5,6)12-9-15(11(3)4)7-8-16(12)19(13,17)18;1-9(2)11-8-17-12-7-14(10(3)4)5-6-15(12)13(11)16/h12-13H,7-10H2,1-6H3;12-13H,7-10H2,1-6H3;11-12H,7-9H2,1-6H3;11-12H,7-9H2,1-6H3;10,12H,5-8H2,1-4H3. The molecule has 0 spiro atoms. The molecule has 532 valence electrons. The molecule has 20 heteroatoms. The summed E-state index contributed by atoms with van der Waals surface area (Å²) in [5.74, 6) is 0.725. The lowest BCUT2D eigenvalue weighted by atomic mass is 9.72. The van der Waals surface area contributed by atoms with Crippen molar-refractivity contribution in [3.63, 3.8) is 0 Å². The zero-order chi connectivity index (χ0) is 70.5. The Labute approximate surface area is 566 Å². The van der Waals surface area contributed by atoms with Crippen LogP contribution in [0.5, 0.6) is 0 Å². The molecule has 0 aromatic heterocycles. The summed E-state index contributed by atoms with van der Waals surface area (Å²) in [5.41, 5.74) is 7.62. The van der Waals surface area contributed by atoms with Crippen LogP contribution in [-0.2, 0) is 39.2 Å². The average molecular weight is 1340 g/mol. The van der Waals surface area contributed by atoms with Crippen molar-refractivity contribution in [2.75, 3.05) is 105 Å². The van der Waals surface area contributed by atoms with Gasteiger partial charge >= 0.3 is 0 Å². The molecule has 0 bridgehead atoms. The number of nitrogens with zero attached hydrogens (tertiary/aromatic N) is 10. The molecule has 10 fully saturated rings. The predicted octanol–water partition coefficient (Wildman–Crippen LogP) is 10.7. The fraction of sp³-hybridized carbons (Fsp3) is 0.822. The summed E-state index contributed by atoms with van der Waals surface area (Å²) < 4.78 is 60.6. The van der Waals surface area contributed by atoms with Gasteiger partial charge in [-0.2, -0.15) is 8.61 Å². The Morgan fingerprint density at radius 1 is 0.387 bits per heavy atom. The second-order valence-electron chi connectivity index (χ2n) is 33.3. The Bertz CT molecular complexity index is 3110. The Balaban J connectivity index is 0.000000185. The van der Waals surface area contributed by atoms with Crippen LogP contribution < -0.4 is 0 Å². The third-order valence-corrected chi connectivity index (χ3v) is 27.1. The zero-order valence-electron chi connectivity index (χ0n) is 63.6. The monoisotopic (exact) mass is 1340 g/mol. The van der Waals surface area contributed by atoms with Crippen molar-refractivity contribution in [2.24, 2.45) is 21.7 Å². The summed E-state index contributed by atoms with van der Waals surface area (Å²) in [6, 6.07) is 3.52. The van der Waals surface area contributed by atoms with Crippen LogP contribution in [0.4, 0.5) is 0 Å².